The van der Waals surface area contributed by atoms with Crippen LogP contribution in [-0.2, 0) is 6.42 Å². The molecule has 1 saturated carbocycles. The third-order valence-corrected chi connectivity index (χ3v) is 2.94. The standard InChI is InChI=1S/C12H17N3O/c1-3-9-6-8(7-10(13)14-9)11(16)15-12(2)4-5-12/h6-7H,3-5H2,1-2H3,(H2,13,14)(H,15,16). The number of carbonyl (C=O) groups excluding carboxylic acids is 1. The molecule has 1 fully saturated rings. The van der Waals surface area contributed by atoms with E-state index < -0.39 is 0 Å². The van der Waals surface area contributed by atoms with Crippen LogP contribution in [0.1, 0.15) is 42.7 Å². The monoisotopic (exact) mass is 219 g/mol. The fourth-order valence-corrected chi connectivity index (χ4v) is 1.58. The normalized spacial score (nSPS) is 16.9. The third kappa shape index (κ3) is 2.32. The van der Waals surface area contributed by atoms with E-state index in [1.807, 2.05) is 6.92 Å². The zero-order chi connectivity index (χ0) is 11.8. The number of nitrogens with two attached hydrogens (primary N) is 1. The predicted molar refractivity (Wildman–Crippen MR) is 63.1 cm³/mol. The van der Waals surface area contributed by atoms with Gasteiger partial charge < -0.3 is 11.1 Å². The van der Waals surface area contributed by atoms with Gasteiger partial charge in [-0.15, -0.1) is 0 Å². The van der Waals surface area contributed by atoms with Crippen molar-refractivity contribution in [3.8, 4) is 0 Å². The van der Waals surface area contributed by atoms with E-state index >= 15 is 0 Å². The van der Waals surface area contributed by atoms with Gasteiger partial charge in [-0.25, -0.2) is 4.98 Å². The number of nitrogen functional groups attached to an aromatic ring is 1. The minimum atomic E-state index is -0.0520. The van der Waals surface area contributed by atoms with Crippen LogP contribution >= 0.6 is 0 Å². The summed E-state index contributed by atoms with van der Waals surface area (Å²) in [5.41, 5.74) is 7.12. The number of aryl methyl sites for hydroxylation is 1. The summed E-state index contributed by atoms with van der Waals surface area (Å²) in [5, 5.41) is 3.00. The minimum Gasteiger partial charge on any atom is -0.384 e. The molecular weight excluding hydrogens is 202 g/mol. The van der Waals surface area contributed by atoms with E-state index in [-0.39, 0.29) is 11.4 Å². The molecule has 86 valence electrons. The topological polar surface area (TPSA) is 68.0 Å². The molecule has 1 aliphatic carbocycles. The minimum absolute atomic E-state index is 0.00148. The van der Waals surface area contributed by atoms with E-state index in [2.05, 4.69) is 17.2 Å². The Morgan fingerprint density at radius 2 is 2.25 bits per heavy atom. The average Bonchev–Trinajstić information content (AvgIpc) is 2.95. The summed E-state index contributed by atoms with van der Waals surface area (Å²) < 4.78 is 0. The molecule has 4 heteroatoms. The number of hydrogen-bond donors (Lipinski definition) is 2. The molecule has 0 spiro atoms. The van der Waals surface area contributed by atoms with Crippen molar-refractivity contribution in [2.45, 2.75) is 38.6 Å². The summed E-state index contributed by atoms with van der Waals surface area (Å²) in [6.45, 7) is 4.04. The molecule has 1 amide bonds. The van der Waals surface area contributed by atoms with Gasteiger partial charge in [-0.1, -0.05) is 6.92 Å². The van der Waals surface area contributed by atoms with Crippen molar-refractivity contribution in [2.24, 2.45) is 0 Å². The van der Waals surface area contributed by atoms with Crippen LogP contribution in [0, 0.1) is 0 Å². The number of hydrogen-bond acceptors (Lipinski definition) is 3. The highest BCUT2D eigenvalue weighted by Crippen LogP contribution is 2.34. The lowest BCUT2D eigenvalue weighted by atomic mass is 10.1. The third-order valence-electron chi connectivity index (χ3n) is 2.94. The molecule has 0 aromatic carbocycles. The van der Waals surface area contributed by atoms with Crippen molar-refractivity contribution in [3.05, 3.63) is 23.4 Å². The van der Waals surface area contributed by atoms with Gasteiger partial charge in [0.05, 0.1) is 0 Å². The largest absolute Gasteiger partial charge is 0.384 e. The number of anilines is 1. The van der Waals surface area contributed by atoms with E-state index in [0.717, 1.165) is 25.0 Å². The molecule has 0 aliphatic heterocycles. The molecule has 0 atom stereocenters. The predicted octanol–water partition coefficient (Wildman–Crippen LogP) is 1.51. The van der Waals surface area contributed by atoms with Crippen molar-refractivity contribution in [2.75, 3.05) is 5.73 Å². The molecule has 1 aliphatic rings. The number of amides is 1. The van der Waals surface area contributed by atoms with Gasteiger partial charge >= 0.3 is 0 Å². The van der Waals surface area contributed by atoms with Crippen LogP contribution in [-0.4, -0.2) is 16.4 Å². The van der Waals surface area contributed by atoms with Crippen LogP contribution in [0.4, 0.5) is 5.82 Å². The van der Waals surface area contributed by atoms with Crippen molar-refractivity contribution >= 4 is 11.7 Å². The van der Waals surface area contributed by atoms with Crippen molar-refractivity contribution in [1.29, 1.82) is 0 Å². The van der Waals surface area contributed by atoms with Crippen LogP contribution in [0.15, 0.2) is 12.1 Å². The maximum Gasteiger partial charge on any atom is 0.251 e. The summed E-state index contributed by atoms with van der Waals surface area (Å²) in [6.07, 6.45) is 2.89. The quantitative estimate of drug-likeness (QED) is 0.809. The SMILES string of the molecule is CCc1cc(C(=O)NC2(C)CC2)cc(N)n1. The Kier molecular flexibility index (Phi) is 2.58. The second-order valence-corrected chi connectivity index (χ2v) is 4.64. The smallest absolute Gasteiger partial charge is 0.251 e. The second kappa shape index (κ2) is 3.77. The lowest BCUT2D eigenvalue weighted by molar-refractivity contribution is 0.0935. The van der Waals surface area contributed by atoms with Crippen LogP contribution in [0.5, 0.6) is 0 Å². The number of nitrogens with one attached hydrogen (secondary N) is 1. The Balaban J connectivity index is 2.18. The zero-order valence-corrected chi connectivity index (χ0v) is 9.71. The molecule has 1 aromatic rings. The number of nitrogens with zero attached hydrogens (tertiary/aromatic N) is 1. The van der Waals surface area contributed by atoms with Crippen molar-refractivity contribution in [3.63, 3.8) is 0 Å². The van der Waals surface area contributed by atoms with Gasteiger partial charge in [0.1, 0.15) is 5.82 Å². The molecule has 3 N–H and O–H groups in total. The first-order chi connectivity index (χ1) is 7.52. The van der Waals surface area contributed by atoms with Crippen molar-refractivity contribution < 1.29 is 4.79 Å². The lowest BCUT2D eigenvalue weighted by Crippen LogP contribution is -2.34. The van der Waals surface area contributed by atoms with Gasteiger partial charge in [0.15, 0.2) is 0 Å². The number of carbonyl (C=O) groups is 1. The molecule has 1 aromatic heterocycles. The van der Waals surface area contributed by atoms with E-state index in [0.29, 0.717) is 11.4 Å². The van der Waals surface area contributed by atoms with Crippen LogP contribution in [0.3, 0.4) is 0 Å². The van der Waals surface area contributed by atoms with Crippen molar-refractivity contribution in [1.82, 2.24) is 10.3 Å². The molecule has 0 unspecified atom stereocenters. The lowest BCUT2D eigenvalue weighted by Gasteiger charge is -2.12. The van der Waals surface area contributed by atoms with Crippen LogP contribution in [0.2, 0.25) is 0 Å². The second-order valence-electron chi connectivity index (χ2n) is 4.64. The maximum atomic E-state index is 11.9. The van der Waals surface area contributed by atoms with Gasteiger partial charge in [-0.3, -0.25) is 4.79 Å². The van der Waals surface area contributed by atoms with Crippen LogP contribution in [0.25, 0.3) is 0 Å². The first kappa shape index (κ1) is 10.9. The molecule has 4 nitrogen and oxygen atoms in total. The Morgan fingerprint density at radius 3 is 2.81 bits per heavy atom. The van der Waals surface area contributed by atoms with Gasteiger partial charge in [-0.05, 0) is 38.3 Å². The Morgan fingerprint density at radius 1 is 1.56 bits per heavy atom. The highest BCUT2D eigenvalue weighted by Gasteiger charge is 2.38. The molecule has 0 bridgehead atoms. The van der Waals surface area contributed by atoms with E-state index in [1.54, 1.807) is 12.1 Å². The summed E-state index contributed by atoms with van der Waals surface area (Å²) in [6, 6.07) is 3.43. The first-order valence-electron chi connectivity index (χ1n) is 5.61. The Labute approximate surface area is 95.3 Å². The highest BCUT2D eigenvalue weighted by atomic mass is 16.1. The van der Waals surface area contributed by atoms with E-state index in [9.17, 15) is 4.79 Å². The maximum absolute atomic E-state index is 11.9. The summed E-state index contributed by atoms with van der Waals surface area (Å²) in [4.78, 5) is 16.1. The number of aromatic nitrogens is 1. The summed E-state index contributed by atoms with van der Waals surface area (Å²) >= 11 is 0. The number of rotatable bonds is 3. The molecular formula is C12H17N3O. The van der Waals surface area contributed by atoms with Crippen LogP contribution < -0.4 is 11.1 Å². The Hall–Kier alpha value is -1.58. The van der Waals surface area contributed by atoms with E-state index in [1.165, 1.54) is 0 Å². The first-order valence-corrected chi connectivity index (χ1v) is 5.61. The highest BCUT2D eigenvalue weighted by molar-refractivity contribution is 5.95. The fraction of sp³-hybridized carbons (Fsp3) is 0.500. The van der Waals surface area contributed by atoms with Gasteiger partial charge in [0.2, 0.25) is 0 Å². The molecule has 16 heavy (non-hydrogen) atoms. The summed E-state index contributed by atoms with van der Waals surface area (Å²) in [7, 11) is 0. The van der Waals surface area contributed by atoms with E-state index in [4.69, 9.17) is 5.73 Å². The van der Waals surface area contributed by atoms with Gasteiger partial charge in [0, 0.05) is 16.8 Å². The average molecular weight is 219 g/mol. The Bertz CT molecular complexity index is 424. The summed E-state index contributed by atoms with van der Waals surface area (Å²) in [5.74, 6) is 0.356. The molecule has 0 radical (unpaired) electrons. The zero-order valence-electron chi connectivity index (χ0n) is 9.71. The molecule has 1 heterocycles. The number of pyridine rings is 1. The fourth-order valence-electron chi connectivity index (χ4n) is 1.58. The van der Waals surface area contributed by atoms with Gasteiger partial charge in [-0.2, -0.15) is 0 Å². The molecule has 0 saturated heterocycles. The molecule has 2 rings (SSSR count). The van der Waals surface area contributed by atoms with Gasteiger partial charge in [0.25, 0.3) is 5.91 Å².